The number of carbonyl (C=O) groups is 1. The van der Waals surface area contributed by atoms with Crippen molar-refractivity contribution in [3.05, 3.63) is 75.2 Å². The fourth-order valence-corrected chi connectivity index (χ4v) is 2.82. The molecule has 2 aromatic heterocycles. The van der Waals surface area contributed by atoms with Crippen LogP contribution in [0, 0.1) is 24.0 Å². The molecule has 1 N–H and O–H groups in total. The average Bonchev–Trinajstić information content (AvgIpc) is 2.96. The van der Waals surface area contributed by atoms with Crippen LogP contribution in [0.15, 0.2) is 42.6 Å². The summed E-state index contributed by atoms with van der Waals surface area (Å²) in [5, 5.41) is 18.1. The number of rotatable bonds is 6. The third-order valence-electron chi connectivity index (χ3n) is 4.28. The number of methoxy groups -OCH3 is 1. The molecule has 0 aliphatic rings. The largest absolute Gasteiger partial charge is 0.481 e. The standard InChI is InChI=1S/C19H19N5O4/c1-12-18(24(26)27)13(2)23(22-12)11-14-4-6-15(7-5-14)19(25)21-16-8-9-17(28-3)20-10-16/h4-10H,11H2,1-3H3,(H,21,25). The zero-order valence-corrected chi connectivity index (χ0v) is 15.7. The van der Waals surface area contributed by atoms with E-state index >= 15 is 0 Å². The van der Waals surface area contributed by atoms with Gasteiger partial charge < -0.3 is 10.1 Å². The predicted octanol–water partition coefficient (Wildman–Crippen LogP) is 3.11. The number of pyridine rings is 1. The van der Waals surface area contributed by atoms with Crippen LogP contribution in [0.1, 0.15) is 27.3 Å². The molecule has 0 radical (unpaired) electrons. The number of aryl methyl sites for hydroxylation is 1. The maximum Gasteiger partial charge on any atom is 0.312 e. The number of anilines is 1. The maximum atomic E-state index is 12.4. The van der Waals surface area contributed by atoms with Crippen molar-refractivity contribution < 1.29 is 14.5 Å². The number of nitrogens with one attached hydrogen (secondary N) is 1. The van der Waals surface area contributed by atoms with Gasteiger partial charge in [0.1, 0.15) is 11.4 Å². The SMILES string of the molecule is COc1ccc(NC(=O)c2ccc(Cn3nc(C)c([N+](=O)[O-])c3C)cc2)cn1. The zero-order valence-electron chi connectivity index (χ0n) is 15.7. The van der Waals surface area contributed by atoms with Gasteiger partial charge in [0.2, 0.25) is 5.88 Å². The van der Waals surface area contributed by atoms with E-state index in [0.29, 0.717) is 35.1 Å². The molecule has 144 valence electrons. The normalized spacial score (nSPS) is 10.5. The number of carbonyl (C=O) groups excluding carboxylic acids is 1. The quantitative estimate of drug-likeness (QED) is 0.519. The van der Waals surface area contributed by atoms with Gasteiger partial charge in [0.25, 0.3) is 5.91 Å². The molecular weight excluding hydrogens is 362 g/mol. The van der Waals surface area contributed by atoms with E-state index < -0.39 is 4.92 Å². The Balaban J connectivity index is 1.70. The van der Waals surface area contributed by atoms with Gasteiger partial charge >= 0.3 is 5.69 Å². The first kappa shape index (κ1) is 19.0. The number of nitrogens with zero attached hydrogens (tertiary/aromatic N) is 4. The monoisotopic (exact) mass is 381 g/mol. The molecule has 0 fully saturated rings. The molecule has 0 saturated heterocycles. The zero-order chi connectivity index (χ0) is 20.3. The summed E-state index contributed by atoms with van der Waals surface area (Å²) < 4.78 is 6.57. The first-order valence-corrected chi connectivity index (χ1v) is 8.47. The summed E-state index contributed by atoms with van der Waals surface area (Å²) in [6.45, 7) is 3.66. The van der Waals surface area contributed by atoms with E-state index in [1.165, 1.54) is 13.3 Å². The minimum Gasteiger partial charge on any atom is -0.481 e. The molecule has 9 heteroatoms. The lowest BCUT2D eigenvalue weighted by Gasteiger charge is -2.07. The summed E-state index contributed by atoms with van der Waals surface area (Å²) in [6, 6.07) is 10.3. The van der Waals surface area contributed by atoms with Gasteiger partial charge in [-0.3, -0.25) is 19.6 Å². The molecular formula is C19H19N5O4. The number of nitro groups is 1. The van der Waals surface area contributed by atoms with Crippen LogP contribution in [-0.2, 0) is 6.54 Å². The molecule has 0 atom stereocenters. The lowest BCUT2D eigenvalue weighted by molar-refractivity contribution is -0.386. The fourth-order valence-electron chi connectivity index (χ4n) is 2.82. The highest BCUT2D eigenvalue weighted by molar-refractivity contribution is 6.04. The summed E-state index contributed by atoms with van der Waals surface area (Å²) in [6.07, 6.45) is 1.51. The van der Waals surface area contributed by atoms with Crippen LogP contribution in [0.3, 0.4) is 0 Å². The maximum absolute atomic E-state index is 12.4. The topological polar surface area (TPSA) is 112 Å². The van der Waals surface area contributed by atoms with Crippen LogP contribution < -0.4 is 10.1 Å². The first-order valence-electron chi connectivity index (χ1n) is 8.47. The number of hydrogen-bond acceptors (Lipinski definition) is 6. The van der Waals surface area contributed by atoms with Crippen LogP contribution in [0.2, 0.25) is 0 Å². The molecule has 0 aliphatic heterocycles. The molecule has 2 heterocycles. The van der Waals surface area contributed by atoms with Crippen molar-refractivity contribution in [3.8, 4) is 5.88 Å². The molecule has 0 unspecified atom stereocenters. The molecule has 1 aromatic carbocycles. The van der Waals surface area contributed by atoms with Crippen molar-refractivity contribution in [1.82, 2.24) is 14.8 Å². The van der Waals surface area contributed by atoms with E-state index in [1.54, 1.807) is 54.9 Å². The summed E-state index contributed by atoms with van der Waals surface area (Å²) in [7, 11) is 1.52. The highest BCUT2D eigenvalue weighted by Crippen LogP contribution is 2.22. The highest BCUT2D eigenvalue weighted by atomic mass is 16.6. The summed E-state index contributed by atoms with van der Waals surface area (Å²) in [5.74, 6) is 0.201. The van der Waals surface area contributed by atoms with Crippen molar-refractivity contribution in [2.24, 2.45) is 0 Å². The number of amides is 1. The summed E-state index contributed by atoms with van der Waals surface area (Å²) in [4.78, 5) is 27.1. The first-order chi connectivity index (χ1) is 13.4. The molecule has 28 heavy (non-hydrogen) atoms. The van der Waals surface area contributed by atoms with Gasteiger partial charge in [-0.1, -0.05) is 12.1 Å². The van der Waals surface area contributed by atoms with Gasteiger partial charge in [0, 0.05) is 11.6 Å². The third kappa shape index (κ3) is 3.98. The van der Waals surface area contributed by atoms with Gasteiger partial charge in [0.05, 0.1) is 30.5 Å². The highest BCUT2D eigenvalue weighted by Gasteiger charge is 2.21. The van der Waals surface area contributed by atoms with Crippen LogP contribution in [0.5, 0.6) is 5.88 Å². The Kier molecular flexibility index (Phi) is 5.35. The molecule has 1 amide bonds. The van der Waals surface area contributed by atoms with E-state index in [9.17, 15) is 14.9 Å². The van der Waals surface area contributed by atoms with Crippen LogP contribution in [0.4, 0.5) is 11.4 Å². The van der Waals surface area contributed by atoms with Crippen LogP contribution in [-0.4, -0.2) is 32.7 Å². The van der Waals surface area contributed by atoms with E-state index in [-0.39, 0.29) is 11.6 Å². The van der Waals surface area contributed by atoms with Crippen molar-refractivity contribution in [2.45, 2.75) is 20.4 Å². The second kappa shape index (κ2) is 7.87. The van der Waals surface area contributed by atoms with Crippen molar-refractivity contribution in [1.29, 1.82) is 0 Å². The minimum atomic E-state index is -0.421. The van der Waals surface area contributed by atoms with Crippen molar-refractivity contribution in [2.75, 3.05) is 12.4 Å². The molecule has 0 spiro atoms. The minimum absolute atomic E-state index is 0.0316. The second-order valence-corrected chi connectivity index (χ2v) is 6.17. The Morgan fingerprint density at radius 2 is 1.93 bits per heavy atom. The Labute approximate surface area is 161 Å². The number of ether oxygens (including phenoxy) is 1. The van der Waals surface area contributed by atoms with E-state index in [4.69, 9.17) is 4.74 Å². The smallest absolute Gasteiger partial charge is 0.312 e. The Morgan fingerprint density at radius 3 is 2.46 bits per heavy atom. The molecule has 3 rings (SSSR count). The molecule has 3 aromatic rings. The van der Waals surface area contributed by atoms with Crippen molar-refractivity contribution in [3.63, 3.8) is 0 Å². The lowest BCUT2D eigenvalue weighted by atomic mass is 10.1. The Morgan fingerprint density at radius 1 is 1.21 bits per heavy atom. The third-order valence-corrected chi connectivity index (χ3v) is 4.28. The second-order valence-electron chi connectivity index (χ2n) is 6.17. The van der Waals surface area contributed by atoms with Crippen LogP contribution >= 0.6 is 0 Å². The van der Waals surface area contributed by atoms with Gasteiger partial charge in [0.15, 0.2) is 0 Å². The van der Waals surface area contributed by atoms with Gasteiger partial charge in [-0.2, -0.15) is 5.10 Å². The summed E-state index contributed by atoms with van der Waals surface area (Å²) in [5.41, 5.74) is 2.83. The van der Waals surface area contributed by atoms with Gasteiger partial charge in [-0.15, -0.1) is 0 Å². The predicted molar refractivity (Wildman–Crippen MR) is 103 cm³/mol. The van der Waals surface area contributed by atoms with Gasteiger partial charge in [-0.25, -0.2) is 4.98 Å². The van der Waals surface area contributed by atoms with Crippen LogP contribution in [0.25, 0.3) is 0 Å². The summed E-state index contributed by atoms with van der Waals surface area (Å²) >= 11 is 0. The molecule has 9 nitrogen and oxygen atoms in total. The van der Waals surface area contributed by atoms with Crippen molar-refractivity contribution >= 4 is 17.3 Å². The van der Waals surface area contributed by atoms with E-state index in [0.717, 1.165) is 5.56 Å². The number of hydrogen-bond donors (Lipinski definition) is 1. The fraction of sp³-hybridized carbons (Fsp3) is 0.211. The van der Waals surface area contributed by atoms with E-state index in [1.807, 2.05) is 0 Å². The lowest BCUT2D eigenvalue weighted by Crippen LogP contribution is -2.12. The molecule has 0 bridgehead atoms. The molecule has 0 aliphatic carbocycles. The average molecular weight is 381 g/mol. The Bertz CT molecular complexity index is 1010. The molecule has 0 saturated carbocycles. The number of benzene rings is 1. The van der Waals surface area contributed by atoms with Gasteiger partial charge in [-0.05, 0) is 37.6 Å². The number of aromatic nitrogens is 3. The van der Waals surface area contributed by atoms with E-state index in [2.05, 4.69) is 15.4 Å². The Hall–Kier alpha value is -3.75.